The summed E-state index contributed by atoms with van der Waals surface area (Å²) < 4.78 is 5.83. The molecule has 2 heterocycles. The maximum atomic E-state index is 5.54. The summed E-state index contributed by atoms with van der Waals surface area (Å²) in [6, 6.07) is 1.84. The topological polar surface area (TPSA) is 61.0 Å². The molecule has 0 unspecified atom stereocenters. The van der Waals surface area contributed by atoms with Crippen molar-refractivity contribution in [1.29, 1.82) is 0 Å². The second-order valence-electron chi connectivity index (χ2n) is 2.36. The quantitative estimate of drug-likeness (QED) is 0.852. The Balaban J connectivity index is 2.72. The molecule has 0 bridgehead atoms. The third kappa shape index (κ3) is 1.47. The number of nitrogens with two attached hydrogens (primary N) is 1. The molecule has 2 aromatic rings. The molecule has 0 aliphatic carbocycles. The molecule has 0 aliphatic rings. The van der Waals surface area contributed by atoms with Crippen LogP contribution in [0.1, 0.15) is 0 Å². The second-order valence-corrected chi connectivity index (χ2v) is 4.22. The summed E-state index contributed by atoms with van der Waals surface area (Å²) in [6.07, 6.45) is 0. The highest BCUT2D eigenvalue weighted by Gasteiger charge is 2.08. The lowest BCUT2D eigenvalue weighted by Gasteiger charge is -1.99. The number of rotatable bonds is 1. The minimum Gasteiger partial charge on any atom is -0.480 e. The first-order valence-electron chi connectivity index (χ1n) is 3.47. The van der Waals surface area contributed by atoms with Gasteiger partial charge in [-0.15, -0.1) is 0 Å². The summed E-state index contributed by atoms with van der Waals surface area (Å²) in [4.78, 5) is 9.11. The summed E-state index contributed by atoms with van der Waals surface area (Å²) >= 11 is 4.67. The summed E-state index contributed by atoms with van der Waals surface area (Å²) in [5.74, 6) is 0.552. The number of ether oxygens (including phenoxy) is 1. The Morgan fingerprint density at radius 1 is 1.54 bits per heavy atom. The van der Waals surface area contributed by atoms with Gasteiger partial charge in [0.2, 0.25) is 5.88 Å². The smallest absolute Gasteiger partial charge is 0.229 e. The van der Waals surface area contributed by atoms with E-state index in [-0.39, 0.29) is 0 Å². The Labute approximate surface area is 86.9 Å². The van der Waals surface area contributed by atoms with Gasteiger partial charge in [-0.3, -0.25) is 0 Å². The molecule has 0 aromatic carbocycles. The van der Waals surface area contributed by atoms with E-state index in [1.54, 1.807) is 7.11 Å². The van der Waals surface area contributed by atoms with E-state index >= 15 is 0 Å². The number of methoxy groups -OCH3 is 1. The average molecular weight is 260 g/mol. The van der Waals surface area contributed by atoms with Gasteiger partial charge >= 0.3 is 0 Å². The third-order valence-electron chi connectivity index (χ3n) is 1.52. The number of aromatic nitrogens is 2. The van der Waals surface area contributed by atoms with Crippen molar-refractivity contribution < 1.29 is 4.74 Å². The third-order valence-corrected chi connectivity index (χ3v) is 2.88. The Morgan fingerprint density at radius 2 is 2.31 bits per heavy atom. The molecule has 0 radical (unpaired) electrons. The standard InChI is InChI=1S/C7H6BrN3OS/c1-12-5-3(8)2-4-6(11-5)13-7(9)10-4/h2H,1H3,(H2,9,10). The molecule has 0 fully saturated rings. The number of nitrogens with zero attached hydrogens (tertiary/aromatic N) is 2. The average Bonchev–Trinajstić information content (AvgIpc) is 2.42. The zero-order valence-electron chi connectivity index (χ0n) is 6.74. The number of nitrogen functional groups attached to an aromatic ring is 1. The van der Waals surface area contributed by atoms with Crippen LogP contribution in [-0.2, 0) is 0 Å². The molecule has 0 saturated heterocycles. The van der Waals surface area contributed by atoms with Crippen LogP contribution in [0.5, 0.6) is 5.88 Å². The first kappa shape index (κ1) is 8.71. The number of thiazole rings is 1. The molecule has 0 saturated carbocycles. The Kier molecular flexibility index (Phi) is 2.09. The fourth-order valence-corrected chi connectivity index (χ4v) is 2.13. The maximum absolute atomic E-state index is 5.54. The Bertz CT molecular complexity index is 456. The van der Waals surface area contributed by atoms with Gasteiger partial charge in [-0.05, 0) is 22.0 Å². The molecule has 0 atom stereocenters. The van der Waals surface area contributed by atoms with Crippen molar-refractivity contribution >= 4 is 42.7 Å². The van der Waals surface area contributed by atoms with E-state index in [1.807, 2.05) is 6.07 Å². The Morgan fingerprint density at radius 3 is 3.00 bits per heavy atom. The van der Waals surface area contributed by atoms with Gasteiger partial charge in [-0.25, -0.2) is 4.98 Å². The SMILES string of the molecule is COc1nc2sc(N)nc2cc1Br. The summed E-state index contributed by atoms with van der Waals surface area (Å²) in [5, 5.41) is 0.516. The van der Waals surface area contributed by atoms with Gasteiger partial charge in [0.15, 0.2) is 5.13 Å². The van der Waals surface area contributed by atoms with Crippen molar-refractivity contribution in [3.8, 4) is 5.88 Å². The van der Waals surface area contributed by atoms with Crippen LogP contribution < -0.4 is 10.5 Å². The molecule has 0 amide bonds. The van der Waals surface area contributed by atoms with Gasteiger partial charge < -0.3 is 10.5 Å². The minimum absolute atomic E-state index is 0.516. The molecule has 2 rings (SSSR count). The summed E-state index contributed by atoms with van der Waals surface area (Å²) in [7, 11) is 1.57. The van der Waals surface area contributed by atoms with Crippen LogP contribution in [0.4, 0.5) is 5.13 Å². The summed E-state index contributed by atoms with van der Waals surface area (Å²) in [6.45, 7) is 0. The number of hydrogen-bond donors (Lipinski definition) is 1. The van der Waals surface area contributed by atoms with Crippen LogP contribution in [-0.4, -0.2) is 17.1 Å². The van der Waals surface area contributed by atoms with Crippen molar-refractivity contribution in [1.82, 2.24) is 9.97 Å². The van der Waals surface area contributed by atoms with Crippen molar-refractivity contribution in [2.45, 2.75) is 0 Å². The predicted octanol–water partition coefficient (Wildman–Crippen LogP) is 2.04. The van der Waals surface area contributed by atoms with E-state index < -0.39 is 0 Å². The van der Waals surface area contributed by atoms with Crippen LogP contribution in [0, 0.1) is 0 Å². The lowest BCUT2D eigenvalue weighted by atomic mass is 10.4. The van der Waals surface area contributed by atoms with Crippen molar-refractivity contribution in [2.24, 2.45) is 0 Å². The highest BCUT2D eigenvalue weighted by molar-refractivity contribution is 9.10. The molecular weight excluding hydrogens is 254 g/mol. The highest BCUT2D eigenvalue weighted by Crippen LogP contribution is 2.30. The molecular formula is C7H6BrN3OS. The molecule has 2 N–H and O–H groups in total. The monoisotopic (exact) mass is 259 g/mol. The fraction of sp³-hybridized carbons (Fsp3) is 0.143. The normalized spacial score (nSPS) is 10.6. The molecule has 4 nitrogen and oxygen atoms in total. The van der Waals surface area contributed by atoms with Crippen LogP contribution in [0.15, 0.2) is 10.5 Å². The second kappa shape index (κ2) is 3.12. The number of anilines is 1. The van der Waals surface area contributed by atoms with Gasteiger partial charge in [-0.1, -0.05) is 11.3 Å². The molecule has 2 aromatic heterocycles. The van der Waals surface area contributed by atoms with Crippen molar-refractivity contribution in [2.75, 3.05) is 12.8 Å². The van der Waals surface area contributed by atoms with E-state index in [0.29, 0.717) is 11.0 Å². The predicted molar refractivity (Wildman–Crippen MR) is 56.1 cm³/mol. The van der Waals surface area contributed by atoms with Gasteiger partial charge in [0.1, 0.15) is 10.3 Å². The van der Waals surface area contributed by atoms with Crippen LogP contribution in [0.2, 0.25) is 0 Å². The zero-order chi connectivity index (χ0) is 9.42. The fourth-order valence-electron chi connectivity index (χ4n) is 0.985. The van der Waals surface area contributed by atoms with Gasteiger partial charge in [0.05, 0.1) is 11.6 Å². The summed E-state index contributed by atoms with van der Waals surface area (Å²) in [5.41, 5.74) is 6.33. The molecule has 6 heteroatoms. The molecule has 68 valence electrons. The first-order valence-corrected chi connectivity index (χ1v) is 5.08. The first-order chi connectivity index (χ1) is 6.20. The zero-order valence-corrected chi connectivity index (χ0v) is 9.15. The van der Waals surface area contributed by atoms with E-state index in [9.17, 15) is 0 Å². The highest BCUT2D eigenvalue weighted by atomic mass is 79.9. The molecule has 13 heavy (non-hydrogen) atoms. The lowest BCUT2D eigenvalue weighted by molar-refractivity contribution is 0.397. The minimum atomic E-state index is 0.516. The maximum Gasteiger partial charge on any atom is 0.229 e. The number of pyridine rings is 1. The van der Waals surface area contributed by atoms with Gasteiger partial charge in [0, 0.05) is 0 Å². The van der Waals surface area contributed by atoms with E-state index in [2.05, 4.69) is 25.9 Å². The Hall–Kier alpha value is -0.880. The number of hydrogen-bond acceptors (Lipinski definition) is 5. The lowest BCUT2D eigenvalue weighted by Crippen LogP contribution is -1.88. The van der Waals surface area contributed by atoms with E-state index in [1.165, 1.54) is 11.3 Å². The molecule has 0 aliphatic heterocycles. The van der Waals surface area contributed by atoms with Gasteiger partial charge in [0.25, 0.3) is 0 Å². The van der Waals surface area contributed by atoms with Crippen molar-refractivity contribution in [3.63, 3.8) is 0 Å². The van der Waals surface area contributed by atoms with E-state index in [0.717, 1.165) is 14.8 Å². The van der Waals surface area contributed by atoms with E-state index in [4.69, 9.17) is 10.5 Å². The number of fused-ring (bicyclic) bond motifs is 1. The number of halogens is 1. The van der Waals surface area contributed by atoms with Crippen molar-refractivity contribution in [3.05, 3.63) is 10.5 Å². The largest absolute Gasteiger partial charge is 0.480 e. The molecule has 0 spiro atoms. The van der Waals surface area contributed by atoms with Crippen LogP contribution in [0.3, 0.4) is 0 Å². The van der Waals surface area contributed by atoms with Crippen LogP contribution >= 0.6 is 27.3 Å². The van der Waals surface area contributed by atoms with Crippen LogP contribution in [0.25, 0.3) is 10.3 Å². The van der Waals surface area contributed by atoms with Gasteiger partial charge in [-0.2, -0.15) is 4.98 Å².